The Kier molecular flexibility index (Phi) is 6.30. The zero-order chi connectivity index (χ0) is 15.2. The number of nitrogens with one attached hydrogen (secondary N) is 1. The van der Waals surface area contributed by atoms with Crippen molar-refractivity contribution in [2.45, 2.75) is 59.5 Å². The molecule has 1 fully saturated rings. The molecule has 5 nitrogen and oxygen atoms in total. The van der Waals surface area contributed by atoms with Gasteiger partial charge in [0.05, 0.1) is 0 Å². The highest BCUT2D eigenvalue weighted by Gasteiger charge is 2.25. The Morgan fingerprint density at radius 2 is 2.15 bits per heavy atom. The van der Waals surface area contributed by atoms with E-state index in [0.717, 1.165) is 12.8 Å². The Morgan fingerprint density at radius 1 is 1.45 bits per heavy atom. The number of amides is 1. The number of carbonyl (C=O) groups excluding carboxylic acids is 2. The molecule has 1 rings (SSSR count). The van der Waals surface area contributed by atoms with Crippen LogP contribution in [0.15, 0.2) is 0 Å². The lowest BCUT2D eigenvalue weighted by atomic mass is 9.84. The molecule has 1 aliphatic rings. The standard InChI is InChI=1S/C15H27NO4/c1-11(9-15(2,3)4)7-8-16-13(17)6-5-12-10-19-14(18)20-12/h11-12H,5-10H2,1-4H3,(H,16,17). The fraction of sp³-hybridized carbons (Fsp3) is 0.867. The van der Waals surface area contributed by atoms with E-state index in [1.165, 1.54) is 0 Å². The van der Waals surface area contributed by atoms with Crippen LogP contribution in [-0.2, 0) is 14.3 Å². The molecule has 0 radical (unpaired) electrons. The highest BCUT2D eigenvalue weighted by atomic mass is 16.8. The average molecular weight is 285 g/mol. The van der Waals surface area contributed by atoms with Gasteiger partial charge in [-0.1, -0.05) is 27.7 Å². The number of hydrogen-bond acceptors (Lipinski definition) is 4. The van der Waals surface area contributed by atoms with Crippen molar-refractivity contribution in [1.82, 2.24) is 5.32 Å². The largest absolute Gasteiger partial charge is 0.508 e. The van der Waals surface area contributed by atoms with Crippen LogP contribution >= 0.6 is 0 Å². The van der Waals surface area contributed by atoms with Gasteiger partial charge in [0.1, 0.15) is 12.7 Å². The summed E-state index contributed by atoms with van der Waals surface area (Å²) < 4.78 is 9.53. The van der Waals surface area contributed by atoms with Crippen LogP contribution in [0.2, 0.25) is 0 Å². The molecule has 116 valence electrons. The molecule has 2 unspecified atom stereocenters. The molecular weight excluding hydrogens is 258 g/mol. The molecule has 1 amide bonds. The first-order chi connectivity index (χ1) is 9.26. The topological polar surface area (TPSA) is 64.6 Å². The summed E-state index contributed by atoms with van der Waals surface area (Å²) in [6, 6.07) is 0. The van der Waals surface area contributed by atoms with Gasteiger partial charge in [-0.2, -0.15) is 0 Å². The zero-order valence-corrected chi connectivity index (χ0v) is 13.0. The molecule has 5 heteroatoms. The second kappa shape index (κ2) is 7.50. The summed E-state index contributed by atoms with van der Waals surface area (Å²) in [4.78, 5) is 22.4. The van der Waals surface area contributed by atoms with Gasteiger partial charge in [-0.15, -0.1) is 0 Å². The van der Waals surface area contributed by atoms with Crippen LogP contribution in [0.5, 0.6) is 0 Å². The first-order valence-corrected chi connectivity index (χ1v) is 7.36. The van der Waals surface area contributed by atoms with E-state index in [-0.39, 0.29) is 18.6 Å². The van der Waals surface area contributed by atoms with Gasteiger partial charge in [0.2, 0.25) is 5.91 Å². The maximum absolute atomic E-state index is 11.7. The lowest BCUT2D eigenvalue weighted by Gasteiger charge is -2.23. The SMILES string of the molecule is CC(CCNC(=O)CCC1COC(=O)O1)CC(C)(C)C. The van der Waals surface area contributed by atoms with Crippen LogP contribution in [0, 0.1) is 11.3 Å². The molecule has 1 saturated heterocycles. The Balaban J connectivity index is 2.06. The lowest BCUT2D eigenvalue weighted by molar-refractivity contribution is -0.121. The van der Waals surface area contributed by atoms with Gasteiger partial charge in [0.15, 0.2) is 0 Å². The van der Waals surface area contributed by atoms with Crippen molar-refractivity contribution >= 4 is 12.1 Å². The molecule has 0 aromatic rings. The second-order valence-electron chi connectivity index (χ2n) is 6.85. The predicted octanol–water partition coefficient (Wildman–Crippen LogP) is 2.88. The van der Waals surface area contributed by atoms with Crippen LogP contribution in [0.1, 0.15) is 53.4 Å². The summed E-state index contributed by atoms with van der Waals surface area (Å²) in [6.45, 7) is 9.87. The minimum absolute atomic E-state index is 0.0101. The fourth-order valence-corrected chi connectivity index (χ4v) is 2.49. The Hall–Kier alpha value is -1.26. The zero-order valence-electron chi connectivity index (χ0n) is 13.0. The van der Waals surface area contributed by atoms with E-state index in [2.05, 4.69) is 37.7 Å². The Bertz CT molecular complexity index is 335. The minimum Gasteiger partial charge on any atom is -0.430 e. The van der Waals surface area contributed by atoms with Gasteiger partial charge in [0, 0.05) is 13.0 Å². The molecule has 1 aliphatic heterocycles. The molecule has 0 aliphatic carbocycles. The van der Waals surface area contributed by atoms with E-state index in [4.69, 9.17) is 4.74 Å². The molecule has 0 aromatic heterocycles. The van der Waals surface area contributed by atoms with Crippen molar-refractivity contribution in [3.63, 3.8) is 0 Å². The summed E-state index contributed by atoms with van der Waals surface area (Å²) in [6.07, 6.45) is 2.13. The summed E-state index contributed by atoms with van der Waals surface area (Å²) in [5.74, 6) is 0.607. The maximum Gasteiger partial charge on any atom is 0.508 e. The number of rotatable bonds is 7. The van der Waals surface area contributed by atoms with Gasteiger partial charge in [-0.05, 0) is 30.6 Å². The smallest absolute Gasteiger partial charge is 0.430 e. The van der Waals surface area contributed by atoms with Crippen LogP contribution in [0.25, 0.3) is 0 Å². The molecule has 0 aromatic carbocycles. The van der Waals surface area contributed by atoms with Crippen molar-refractivity contribution in [2.24, 2.45) is 11.3 Å². The van der Waals surface area contributed by atoms with Gasteiger partial charge in [-0.3, -0.25) is 4.79 Å². The van der Waals surface area contributed by atoms with Crippen molar-refractivity contribution in [3.8, 4) is 0 Å². The maximum atomic E-state index is 11.7. The second-order valence-corrected chi connectivity index (χ2v) is 6.85. The van der Waals surface area contributed by atoms with E-state index < -0.39 is 6.16 Å². The third-order valence-corrected chi connectivity index (χ3v) is 3.26. The normalized spacial score (nSPS) is 20.2. The van der Waals surface area contributed by atoms with Gasteiger partial charge < -0.3 is 14.8 Å². The summed E-state index contributed by atoms with van der Waals surface area (Å²) in [5, 5.41) is 2.91. The molecule has 2 atom stereocenters. The third kappa shape index (κ3) is 7.36. The summed E-state index contributed by atoms with van der Waals surface area (Å²) in [5.41, 5.74) is 0.329. The number of cyclic esters (lactones) is 2. The average Bonchev–Trinajstić information content (AvgIpc) is 2.70. The molecule has 1 heterocycles. The van der Waals surface area contributed by atoms with E-state index in [1.54, 1.807) is 0 Å². The lowest BCUT2D eigenvalue weighted by Crippen LogP contribution is -2.27. The van der Waals surface area contributed by atoms with Crippen molar-refractivity contribution in [1.29, 1.82) is 0 Å². The van der Waals surface area contributed by atoms with E-state index in [9.17, 15) is 9.59 Å². The first kappa shape index (κ1) is 16.8. The molecule has 20 heavy (non-hydrogen) atoms. The number of carbonyl (C=O) groups is 2. The van der Waals surface area contributed by atoms with Gasteiger partial charge in [-0.25, -0.2) is 4.79 Å². The van der Waals surface area contributed by atoms with Crippen LogP contribution in [0.3, 0.4) is 0 Å². The van der Waals surface area contributed by atoms with E-state index >= 15 is 0 Å². The van der Waals surface area contributed by atoms with Crippen LogP contribution in [0.4, 0.5) is 4.79 Å². The summed E-state index contributed by atoms with van der Waals surface area (Å²) in [7, 11) is 0. The highest BCUT2D eigenvalue weighted by Crippen LogP contribution is 2.25. The molecular formula is C15H27NO4. The highest BCUT2D eigenvalue weighted by molar-refractivity contribution is 5.75. The van der Waals surface area contributed by atoms with Crippen molar-refractivity contribution in [3.05, 3.63) is 0 Å². The third-order valence-electron chi connectivity index (χ3n) is 3.26. The number of ether oxygens (including phenoxy) is 2. The number of hydrogen-bond donors (Lipinski definition) is 1. The van der Waals surface area contributed by atoms with Crippen LogP contribution in [-0.4, -0.2) is 31.3 Å². The molecule has 0 bridgehead atoms. The molecule has 1 N–H and O–H groups in total. The minimum atomic E-state index is -0.633. The Labute approximate surface area is 121 Å². The van der Waals surface area contributed by atoms with E-state index in [1.807, 2.05) is 0 Å². The predicted molar refractivity (Wildman–Crippen MR) is 76.3 cm³/mol. The Morgan fingerprint density at radius 3 is 2.70 bits per heavy atom. The quantitative estimate of drug-likeness (QED) is 0.730. The molecule has 0 spiro atoms. The van der Waals surface area contributed by atoms with Gasteiger partial charge >= 0.3 is 6.16 Å². The first-order valence-electron chi connectivity index (χ1n) is 7.36. The van der Waals surface area contributed by atoms with Crippen molar-refractivity contribution in [2.75, 3.05) is 13.2 Å². The summed E-state index contributed by atoms with van der Waals surface area (Å²) >= 11 is 0. The molecule has 0 saturated carbocycles. The monoisotopic (exact) mass is 285 g/mol. The van der Waals surface area contributed by atoms with E-state index in [0.29, 0.717) is 30.7 Å². The van der Waals surface area contributed by atoms with Crippen molar-refractivity contribution < 1.29 is 19.1 Å². The van der Waals surface area contributed by atoms with Crippen LogP contribution < -0.4 is 5.32 Å². The fourth-order valence-electron chi connectivity index (χ4n) is 2.49. The van der Waals surface area contributed by atoms with Gasteiger partial charge in [0.25, 0.3) is 0 Å².